The minimum Gasteiger partial charge on any atom is -0.462 e. The van der Waals surface area contributed by atoms with Gasteiger partial charge in [0.2, 0.25) is 5.43 Å². The average Bonchev–Trinajstić information content (AvgIpc) is 3.56. The van der Waals surface area contributed by atoms with Crippen LogP contribution < -0.4 is 15.1 Å². The zero-order valence-corrected chi connectivity index (χ0v) is 17.1. The third kappa shape index (κ3) is 3.06. The number of esters is 1. The fourth-order valence-electron chi connectivity index (χ4n) is 4.16. The van der Waals surface area contributed by atoms with Gasteiger partial charge in [-0.05, 0) is 32.9 Å². The molecule has 1 aromatic carbocycles. The zero-order valence-electron chi connectivity index (χ0n) is 17.1. The van der Waals surface area contributed by atoms with Gasteiger partial charge in [0.1, 0.15) is 22.5 Å². The molecule has 2 aromatic rings. The summed E-state index contributed by atoms with van der Waals surface area (Å²) in [5, 5.41) is 0.122. The van der Waals surface area contributed by atoms with Crippen LogP contribution >= 0.6 is 0 Å². The van der Waals surface area contributed by atoms with Gasteiger partial charge < -0.3 is 23.8 Å². The van der Waals surface area contributed by atoms with Crippen molar-refractivity contribution in [2.45, 2.75) is 19.8 Å². The second kappa shape index (κ2) is 7.12. The van der Waals surface area contributed by atoms with Crippen LogP contribution in [-0.4, -0.2) is 55.3 Å². The number of halogens is 1. The maximum Gasteiger partial charge on any atom is 0.343 e. The van der Waals surface area contributed by atoms with E-state index < -0.39 is 17.2 Å². The molecule has 0 atom stereocenters. The second-order valence-corrected chi connectivity index (χ2v) is 8.13. The topological polar surface area (TPSA) is 64.0 Å². The molecule has 158 valence electrons. The molecule has 1 saturated heterocycles. The minimum atomic E-state index is -0.703. The summed E-state index contributed by atoms with van der Waals surface area (Å²) in [6.45, 7) is 4.81. The predicted molar refractivity (Wildman–Crippen MR) is 111 cm³/mol. The number of ether oxygens (including phenoxy) is 2. The van der Waals surface area contributed by atoms with Gasteiger partial charge in [-0.25, -0.2) is 9.18 Å². The van der Waals surface area contributed by atoms with Crippen molar-refractivity contribution in [2.75, 3.05) is 44.7 Å². The Labute approximate surface area is 173 Å². The van der Waals surface area contributed by atoms with Crippen LogP contribution in [0.4, 0.5) is 10.1 Å². The minimum absolute atomic E-state index is 0.102. The molecule has 7 nitrogen and oxygen atoms in total. The number of carbonyl (C=O) groups excluding carboxylic acids is 1. The lowest BCUT2D eigenvalue weighted by molar-refractivity contribution is 0.0524. The van der Waals surface area contributed by atoms with Gasteiger partial charge in [0.25, 0.3) is 0 Å². The average molecular weight is 413 g/mol. The van der Waals surface area contributed by atoms with Gasteiger partial charge in [-0.2, -0.15) is 0 Å². The SMILES string of the molecule is CCOC(=O)c1cn2c3c(c(N4CCN(C)CC4)c(F)cc3c1=O)OC(C1CC1)=C2. The number of aromatic nitrogens is 1. The third-order valence-corrected chi connectivity index (χ3v) is 5.98. The van der Waals surface area contributed by atoms with Crippen molar-refractivity contribution in [1.29, 1.82) is 0 Å². The van der Waals surface area contributed by atoms with Crippen molar-refractivity contribution < 1.29 is 18.7 Å². The van der Waals surface area contributed by atoms with Crippen molar-refractivity contribution in [2.24, 2.45) is 5.92 Å². The molecule has 1 aromatic heterocycles. The molecule has 0 spiro atoms. The highest BCUT2D eigenvalue weighted by Gasteiger charge is 2.35. The number of rotatable bonds is 4. The van der Waals surface area contributed by atoms with E-state index >= 15 is 4.39 Å². The van der Waals surface area contributed by atoms with E-state index in [4.69, 9.17) is 9.47 Å². The van der Waals surface area contributed by atoms with Gasteiger partial charge >= 0.3 is 5.97 Å². The Bertz CT molecular complexity index is 1130. The monoisotopic (exact) mass is 413 g/mol. The number of hydrogen-bond acceptors (Lipinski definition) is 6. The number of allylic oxidation sites excluding steroid dienone is 1. The van der Waals surface area contributed by atoms with E-state index in [2.05, 4.69) is 4.90 Å². The van der Waals surface area contributed by atoms with Gasteiger partial charge in [0, 0.05) is 44.5 Å². The fourth-order valence-corrected chi connectivity index (χ4v) is 4.16. The zero-order chi connectivity index (χ0) is 21.0. The fraction of sp³-hybridized carbons (Fsp3) is 0.455. The lowest BCUT2D eigenvalue weighted by Gasteiger charge is -2.36. The van der Waals surface area contributed by atoms with Crippen molar-refractivity contribution >= 4 is 28.8 Å². The lowest BCUT2D eigenvalue weighted by atomic mass is 10.1. The summed E-state index contributed by atoms with van der Waals surface area (Å²) in [6.07, 6.45) is 5.31. The van der Waals surface area contributed by atoms with Gasteiger partial charge in [-0.15, -0.1) is 0 Å². The summed E-state index contributed by atoms with van der Waals surface area (Å²) in [5.74, 6) is 0.173. The maximum atomic E-state index is 15.4. The molecule has 2 fully saturated rings. The number of nitrogens with zero attached hydrogens (tertiary/aromatic N) is 3. The quantitative estimate of drug-likeness (QED) is 0.719. The Balaban J connectivity index is 1.74. The van der Waals surface area contributed by atoms with E-state index in [1.54, 1.807) is 17.7 Å². The van der Waals surface area contributed by atoms with Gasteiger partial charge in [-0.3, -0.25) is 4.79 Å². The van der Waals surface area contributed by atoms with Crippen LogP contribution in [0.2, 0.25) is 0 Å². The molecule has 30 heavy (non-hydrogen) atoms. The molecular weight excluding hydrogens is 389 g/mol. The standard InChI is InChI=1S/C22H24FN3O4/c1-3-29-22(28)15-11-26-12-17(13-4-5-13)30-21-18(26)14(20(15)27)10-16(23)19(21)25-8-6-24(2)7-9-25/h10-13H,3-9H2,1-2H3. The second-order valence-electron chi connectivity index (χ2n) is 8.13. The predicted octanol–water partition coefficient (Wildman–Crippen LogP) is 2.67. The summed E-state index contributed by atoms with van der Waals surface area (Å²) in [7, 11) is 2.04. The molecule has 8 heteroatoms. The van der Waals surface area contributed by atoms with E-state index in [1.165, 1.54) is 12.3 Å². The van der Waals surface area contributed by atoms with Gasteiger partial charge in [0.15, 0.2) is 11.6 Å². The molecule has 0 radical (unpaired) electrons. The van der Waals surface area contributed by atoms with Crippen LogP contribution in [-0.2, 0) is 4.74 Å². The highest BCUT2D eigenvalue weighted by atomic mass is 19.1. The molecular formula is C22H24FN3O4. The van der Waals surface area contributed by atoms with Crippen LogP contribution in [0, 0.1) is 11.7 Å². The molecule has 3 heterocycles. The number of pyridine rings is 1. The van der Waals surface area contributed by atoms with E-state index in [-0.39, 0.29) is 23.5 Å². The molecule has 0 bridgehead atoms. The highest BCUT2D eigenvalue weighted by Crippen LogP contribution is 2.46. The Morgan fingerprint density at radius 2 is 2.00 bits per heavy atom. The first-order valence-corrected chi connectivity index (χ1v) is 10.4. The van der Waals surface area contributed by atoms with Gasteiger partial charge in [-0.1, -0.05) is 0 Å². The van der Waals surface area contributed by atoms with E-state index in [1.807, 2.05) is 11.9 Å². The molecule has 0 N–H and O–H groups in total. The van der Waals surface area contributed by atoms with Crippen LogP contribution in [0.5, 0.6) is 5.75 Å². The Morgan fingerprint density at radius 1 is 1.27 bits per heavy atom. The number of benzene rings is 1. The number of anilines is 1. The van der Waals surface area contributed by atoms with Crippen LogP contribution in [0.15, 0.2) is 22.8 Å². The van der Waals surface area contributed by atoms with Crippen molar-refractivity contribution in [3.8, 4) is 5.75 Å². The molecule has 5 rings (SSSR count). The largest absolute Gasteiger partial charge is 0.462 e. The molecule has 3 aliphatic rings. The first kappa shape index (κ1) is 19.1. The number of likely N-dealkylation sites (N-methyl/N-ethyl adjacent to an activating group) is 1. The van der Waals surface area contributed by atoms with E-state index in [0.717, 1.165) is 31.7 Å². The number of hydrogen-bond donors (Lipinski definition) is 0. The maximum absolute atomic E-state index is 15.4. The van der Waals surface area contributed by atoms with Gasteiger partial charge in [0.05, 0.1) is 12.0 Å². The molecule has 0 amide bonds. The van der Waals surface area contributed by atoms with Crippen LogP contribution in [0.1, 0.15) is 30.1 Å². The number of carbonyl (C=O) groups is 1. The first-order chi connectivity index (χ1) is 14.5. The van der Waals surface area contributed by atoms with Crippen molar-refractivity contribution in [3.05, 3.63) is 39.6 Å². The third-order valence-electron chi connectivity index (χ3n) is 5.98. The summed E-state index contributed by atoms with van der Waals surface area (Å²) < 4.78 is 28.4. The Morgan fingerprint density at radius 3 is 2.67 bits per heavy atom. The smallest absolute Gasteiger partial charge is 0.343 e. The van der Waals surface area contributed by atoms with Crippen LogP contribution in [0.25, 0.3) is 17.1 Å². The highest BCUT2D eigenvalue weighted by molar-refractivity contribution is 5.99. The Hall–Kier alpha value is -2.87. The summed E-state index contributed by atoms with van der Waals surface area (Å²) >= 11 is 0. The van der Waals surface area contributed by atoms with E-state index in [0.29, 0.717) is 30.0 Å². The number of piperazine rings is 1. The Kier molecular flexibility index (Phi) is 4.54. The summed E-state index contributed by atoms with van der Waals surface area (Å²) in [6, 6.07) is 1.23. The van der Waals surface area contributed by atoms with Crippen molar-refractivity contribution in [3.63, 3.8) is 0 Å². The summed E-state index contributed by atoms with van der Waals surface area (Å²) in [4.78, 5) is 29.5. The summed E-state index contributed by atoms with van der Waals surface area (Å²) in [5.41, 5.74) is 0.235. The molecule has 1 aliphatic carbocycles. The van der Waals surface area contributed by atoms with Crippen molar-refractivity contribution in [1.82, 2.24) is 9.47 Å². The molecule has 1 saturated carbocycles. The molecule has 2 aliphatic heterocycles. The van der Waals surface area contributed by atoms with Crippen LogP contribution in [0.3, 0.4) is 0 Å². The first-order valence-electron chi connectivity index (χ1n) is 10.4. The lowest BCUT2D eigenvalue weighted by Crippen LogP contribution is -2.45. The van der Waals surface area contributed by atoms with E-state index in [9.17, 15) is 9.59 Å². The normalized spacial score (nSPS) is 18.9. The molecule has 0 unspecified atom stereocenters.